The van der Waals surface area contributed by atoms with E-state index in [-0.39, 0.29) is 5.63 Å². The van der Waals surface area contributed by atoms with Crippen molar-refractivity contribution >= 4 is 11.0 Å². The zero-order valence-electron chi connectivity index (χ0n) is 9.58. The Morgan fingerprint density at radius 1 is 1.35 bits per heavy atom. The van der Waals surface area contributed by atoms with Gasteiger partial charge in [0.1, 0.15) is 11.3 Å². The minimum atomic E-state index is -0.243. The summed E-state index contributed by atoms with van der Waals surface area (Å²) in [7, 11) is 1.60. The van der Waals surface area contributed by atoms with Crippen LogP contribution >= 0.6 is 0 Å². The zero-order valence-corrected chi connectivity index (χ0v) is 9.58. The second-order valence-corrected chi connectivity index (χ2v) is 4.14. The van der Waals surface area contributed by atoms with Crippen LogP contribution in [-0.2, 0) is 13.0 Å². The highest BCUT2D eigenvalue weighted by molar-refractivity contribution is 5.82. The molecule has 0 unspecified atom stereocenters. The van der Waals surface area contributed by atoms with Crippen molar-refractivity contribution in [2.24, 2.45) is 0 Å². The first-order chi connectivity index (χ1) is 8.29. The molecule has 1 aromatic heterocycles. The smallest absolute Gasteiger partial charge is 0.341 e. The summed E-state index contributed by atoms with van der Waals surface area (Å²) in [6.45, 7) is 1.50. The highest BCUT2D eigenvalue weighted by Crippen LogP contribution is 2.25. The molecule has 1 aliphatic rings. The topological polar surface area (TPSA) is 51.5 Å². The van der Waals surface area contributed by atoms with Crippen LogP contribution in [0.5, 0.6) is 5.75 Å². The Hall–Kier alpha value is -1.81. The summed E-state index contributed by atoms with van der Waals surface area (Å²) in [5.74, 6) is 0.703. The average Bonchev–Trinajstić information content (AvgIpc) is 2.38. The molecule has 0 bridgehead atoms. The molecule has 0 fully saturated rings. The first-order valence-corrected chi connectivity index (χ1v) is 5.63. The highest BCUT2D eigenvalue weighted by Gasteiger charge is 2.17. The first-order valence-electron chi connectivity index (χ1n) is 5.63. The molecular weight excluding hydrogens is 218 g/mol. The number of rotatable bonds is 1. The van der Waals surface area contributed by atoms with Gasteiger partial charge in [0.2, 0.25) is 0 Å². The van der Waals surface area contributed by atoms with Crippen molar-refractivity contribution in [2.75, 3.05) is 13.7 Å². The molecule has 3 rings (SSSR count). The Bertz CT molecular complexity index is 630. The molecule has 0 saturated carbocycles. The lowest BCUT2D eigenvalue weighted by atomic mass is 9.99. The molecule has 4 heteroatoms. The standard InChI is InChI=1S/C13H13NO3/c1-16-8-2-3-10-9-4-5-14-7-11(9)13(15)17-12(10)6-8/h2-3,6,14H,4-5,7H2,1H3. The number of hydrogen-bond donors (Lipinski definition) is 1. The molecule has 0 saturated heterocycles. The monoisotopic (exact) mass is 231 g/mol. The maximum absolute atomic E-state index is 11.8. The van der Waals surface area contributed by atoms with Gasteiger partial charge in [0.15, 0.2) is 0 Å². The molecule has 2 heterocycles. The predicted octanol–water partition coefficient (Wildman–Crippen LogP) is 1.45. The zero-order chi connectivity index (χ0) is 11.8. The summed E-state index contributed by atoms with van der Waals surface area (Å²) < 4.78 is 10.5. The van der Waals surface area contributed by atoms with Crippen molar-refractivity contribution in [3.63, 3.8) is 0 Å². The van der Waals surface area contributed by atoms with Crippen LogP contribution in [0.2, 0.25) is 0 Å². The van der Waals surface area contributed by atoms with E-state index in [1.807, 2.05) is 12.1 Å². The first kappa shape index (κ1) is 10.4. The summed E-state index contributed by atoms with van der Waals surface area (Å²) >= 11 is 0. The van der Waals surface area contributed by atoms with E-state index in [1.54, 1.807) is 13.2 Å². The highest BCUT2D eigenvalue weighted by atomic mass is 16.5. The fourth-order valence-corrected chi connectivity index (χ4v) is 2.30. The molecule has 1 aromatic carbocycles. The van der Waals surface area contributed by atoms with Crippen molar-refractivity contribution in [2.45, 2.75) is 13.0 Å². The lowest BCUT2D eigenvalue weighted by molar-refractivity contribution is 0.414. The van der Waals surface area contributed by atoms with E-state index in [0.717, 1.165) is 29.5 Å². The maximum atomic E-state index is 11.8. The van der Waals surface area contributed by atoms with Crippen molar-refractivity contribution < 1.29 is 9.15 Å². The van der Waals surface area contributed by atoms with Crippen molar-refractivity contribution in [1.82, 2.24) is 5.32 Å². The molecule has 1 aliphatic heterocycles. The van der Waals surface area contributed by atoms with Crippen LogP contribution in [0.25, 0.3) is 11.0 Å². The van der Waals surface area contributed by atoms with Gasteiger partial charge in [-0.05, 0) is 30.7 Å². The Labute approximate surface area is 98.2 Å². The van der Waals surface area contributed by atoms with Crippen molar-refractivity contribution in [1.29, 1.82) is 0 Å². The number of methoxy groups -OCH3 is 1. The Morgan fingerprint density at radius 3 is 3.06 bits per heavy atom. The van der Waals surface area contributed by atoms with E-state index in [2.05, 4.69) is 5.32 Å². The maximum Gasteiger partial charge on any atom is 0.341 e. The van der Waals surface area contributed by atoms with Gasteiger partial charge in [-0.2, -0.15) is 0 Å². The van der Waals surface area contributed by atoms with Crippen LogP contribution in [-0.4, -0.2) is 13.7 Å². The van der Waals surface area contributed by atoms with Gasteiger partial charge < -0.3 is 14.5 Å². The second kappa shape index (κ2) is 3.89. The van der Waals surface area contributed by atoms with Gasteiger partial charge >= 0.3 is 5.63 Å². The summed E-state index contributed by atoms with van der Waals surface area (Å²) in [5.41, 5.74) is 2.23. The molecule has 4 nitrogen and oxygen atoms in total. The number of hydrogen-bond acceptors (Lipinski definition) is 4. The SMILES string of the molecule is COc1ccc2c3c(c(=O)oc2c1)CNCC3. The Kier molecular flexibility index (Phi) is 2.37. The minimum absolute atomic E-state index is 0.243. The summed E-state index contributed by atoms with van der Waals surface area (Å²) in [4.78, 5) is 11.8. The molecule has 2 aromatic rings. The predicted molar refractivity (Wildman–Crippen MR) is 64.4 cm³/mol. The Morgan fingerprint density at radius 2 is 2.24 bits per heavy atom. The third kappa shape index (κ3) is 1.61. The summed E-state index contributed by atoms with van der Waals surface area (Å²) in [5, 5.41) is 4.20. The fourth-order valence-electron chi connectivity index (χ4n) is 2.30. The average molecular weight is 231 g/mol. The van der Waals surface area contributed by atoms with Crippen LogP contribution in [0, 0.1) is 0 Å². The number of benzene rings is 1. The molecule has 88 valence electrons. The minimum Gasteiger partial charge on any atom is -0.497 e. The van der Waals surface area contributed by atoms with Crippen LogP contribution < -0.4 is 15.7 Å². The van der Waals surface area contributed by atoms with Crippen molar-refractivity contribution in [3.8, 4) is 5.75 Å². The number of ether oxygens (including phenoxy) is 1. The third-order valence-electron chi connectivity index (χ3n) is 3.18. The molecule has 0 radical (unpaired) electrons. The lowest BCUT2D eigenvalue weighted by Crippen LogP contribution is -2.28. The van der Waals surface area contributed by atoms with E-state index in [1.165, 1.54) is 0 Å². The van der Waals surface area contributed by atoms with Crippen LogP contribution in [0.4, 0.5) is 0 Å². The summed E-state index contributed by atoms with van der Waals surface area (Å²) in [6.07, 6.45) is 0.865. The van der Waals surface area contributed by atoms with E-state index < -0.39 is 0 Å². The molecular formula is C13H13NO3. The van der Waals surface area contributed by atoms with Gasteiger partial charge in [-0.1, -0.05) is 0 Å². The van der Waals surface area contributed by atoms with E-state index >= 15 is 0 Å². The molecule has 0 amide bonds. The van der Waals surface area contributed by atoms with Gasteiger partial charge in [-0.3, -0.25) is 0 Å². The van der Waals surface area contributed by atoms with Gasteiger partial charge in [0, 0.05) is 18.0 Å². The van der Waals surface area contributed by atoms with Gasteiger partial charge in [-0.15, -0.1) is 0 Å². The van der Waals surface area contributed by atoms with E-state index in [4.69, 9.17) is 9.15 Å². The van der Waals surface area contributed by atoms with Crippen LogP contribution in [0.1, 0.15) is 11.1 Å². The third-order valence-corrected chi connectivity index (χ3v) is 3.18. The van der Waals surface area contributed by atoms with Gasteiger partial charge in [0.25, 0.3) is 0 Å². The molecule has 1 N–H and O–H groups in total. The molecule has 0 atom stereocenters. The second-order valence-electron chi connectivity index (χ2n) is 4.14. The molecule has 0 aliphatic carbocycles. The fraction of sp³-hybridized carbons (Fsp3) is 0.308. The van der Waals surface area contributed by atoms with Crippen LogP contribution in [0.15, 0.2) is 27.4 Å². The van der Waals surface area contributed by atoms with Gasteiger partial charge in [0.05, 0.1) is 12.7 Å². The number of fused-ring (bicyclic) bond motifs is 3. The Balaban J connectivity index is 2.34. The lowest BCUT2D eigenvalue weighted by Gasteiger charge is -2.17. The quantitative estimate of drug-likeness (QED) is 0.755. The molecule has 17 heavy (non-hydrogen) atoms. The van der Waals surface area contributed by atoms with Crippen LogP contribution in [0.3, 0.4) is 0 Å². The molecule has 0 spiro atoms. The van der Waals surface area contributed by atoms with Crippen molar-refractivity contribution in [3.05, 3.63) is 39.7 Å². The number of nitrogens with one attached hydrogen (secondary N) is 1. The normalized spacial score (nSPS) is 14.6. The van der Waals surface area contributed by atoms with E-state index in [0.29, 0.717) is 17.9 Å². The largest absolute Gasteiger partial charge is 0.497 e. The van der Waals surface area contributed by atoms with Gasteiger partial charge in [-0.25, -0.2) is 4.79 Å². The van der Waals surface area contributed by atoms with E-state index in [9.17, 15) is 4.79 Å². The summed E-state index contributed by atoms with van der Waals surface area (Å²) in [6, 6.07) is 5.62.